The van der Waals surface area contributed by atoms with Crippen molar-refractivity contribution in [2.75, 3.05) is 25.2 Å². The highest BCUT2D eigenvalue weighted by Gasteiger charge is 2.20. The molecule has 0 bridgehead atoms. The lowest BCUT2D eigenvalue weighted by molar-refractivity contribution is -0.136. The Kier molecular flexibility index (Phi) is 6.38. The van der Waals surface area contributed by atoms with Gasteiger partial charge in [0.05, 0.1) is 11.7 Å². The Morgan fingerprint density at radius 3 is 2.46 bits per heavy atom. The third kappa shape index (κ3) is 4.68. The molecule has 0 N–H and O–H groups in total. The molecule has 2 aromatic rings. The van der Waals surface area contributed by atoms with Crippen molar-refractivity contribution in [1.29, 1.82) is 0 Å². The van der Waals surface area contributed by atoms with E-state index in [2.05, 4.69) is 0 Å². The predicted molar refractivity (Wildman–Crippen MR) is 108 cm³/mol. The highest BCUT2D eigenvalue weighted by molar-refractivity contribution is 8.19. The predicted octanol–water partition coefficient (Wildman–Crippen LogP) is 4.78. The van der Waals surface area contributed by atoms with Gasteiger partial charge in [0.2, 0.25) is 0 Å². The summed E-state index contributed by atoms with van der Waals surface area (Å²) in [5.74, 6) is 3.52. The van der Waals surface area contributed by atoms with Gasteiger partial charge in [-0.05, 0) is 43.2 Å². The Labute approximate surface area is 162 Å². The van der Waals surface area contributed by atoms with Crippen molar-refractivity contribution in [1.82, 2.24) is 0 Å². The average Bonchev–Trinajstić information content (AvgIpc) is 3.16. The Balaban J connectivity index is 1.62. The van der Waals surface area contributed by atoms with Crippen molar-refractivity contribution in [2.24, 2.45) is 0 Å². The molecular weight excluding hydrogens is 368 g/mol. The molecule has 4 nitrogen and oxygen atoms in total. The fraction of sp³-hybridized carbons (Fsp3) is 0.350. The monoisotopic (exact) mass is 390 g/mol. The van der Waals surface area contributed by atoms with Gasteiger partial charge in [0.1, 0.15) is 5.75 Å². The first-order valence-electron chi connectivity index (χ1n) is 8.38. The van der Waals surface area contributed by atoms with Crippen molar-refractivity contribution in [3.63, 3.8) is 0 Å². The summed E-state index contributed by atoms with van der Waals surface area (Å²) in [5.41, 5.74) is 3.33. The van der Waals surface area contributed by atoms with Gasteiger partial charge < -0.3 is 14.2 Å². The van der Waals surface area contributed by atoms with E-state index in [1.807, 2.05) is 67.7 Å². The van der Waals surface area contributed by atoms with Crippen LogP contribution in [0.15, 0.2) is 36.4 Å². The first-order chi connectivity index (χ1) is 12.6. The van der Waals surface area contributed by atoms with Gasteiger partial charge in [-0.25, -0.2) is 4.79 Å². The summed E-state index contributed by atoms with van der Waals surface area (Å²) in [4.78, 5) is 12.2. The van der Waals surface area contributed by atoms with E-state index < -0.39 is 5.97 Å². The lowest BCUT2D eigenvalue weighted by Crippen LogP contribution is -2.18. The molecule has 0 radical (unpaired) electrons. The Morgan fingerprint density at radius 1 is 1.04 bits per heavy atom. The molecule has 0 atom stereocenters. The molecule has 6 heteroatoms. The second-order valence-corrected chi connectivity index (χ2v) is 8.74. The molecular formula is C20H22O4S2. The van der Waals surface area contributed by atoms with E-state index >= 15 is 0 Å². The zero-order chi connectivity index (χ0) is 18.5. The molecule has 2 aromatic carbocycles. The second kappa shape index (κ2) is 8.73. The number of rotatable bonds is 6. The lowest BCUT2D eigenvalue weighted by Gasteiger charge is -2.14. The number of carbonyl (C=O) groups is 1. The molecule has 1 fully saturated rings. The number of hydrogen-bond acceptors (Lipinski definition) is 6. The van der Waals surface area contributed by atoms with Gasteiger partial charge >= 0.3 is 5.97 Å². The van der Waals surface area contributed by atoms with Crippen molar-refractivity contribution in [3.8, 4) is 17.2 Å². The fourth-order valence-electron chi connectivity index (χ4n) is 2.72. The Hall–Kier alpha value is -1.79. The van der Waals surface area contributed by atoms with Crippen molar-refractivity contribution in [3.05, 3.63) is 53.1 Å². The molecule has 1 aliphatic heterocycles. The zero-order valence-corrected chi connectivity index (χ0v) is 16.7. The van der Waals surface area contributed by atoms with Crippen LogP contribution in [-0.4, -0.2) is 31.2 Å². The Bertz CT molecular complexity index is 785. The van der Waals surface area contributed by atoms with Crippen LogP contribution >= 0.6 is 23.5 Å². The van der Waals surface area contributed by atoms with E-state index in [4.69, 9.17) is 14.2 Å². The number of methoxy groups -OCH3 is 1. The molecule has 0 aromatic heterocycles. The average molecular weight is 391 g/mol. The molecule has 138 valence electrons. The maximum absolute atomic E-state index is 12.2. The second-order valence-electron chi connectivity index (χ2n) is 6.02. The van der Waals surface area contributed by atoms with Crippen LogP contribution in [0, 0.1) is 13.8 Å². The summed E-state index contributed by atoms with van der Waals surface area (Å²) in [6, 6.07) is 11.6. The fourth-order valence-corrected chi connectivity index (χ4v) is 5.55. The summed E-state index contributed by atoms with van der Waals surface area (Å²) in [6.07, 6.45) is 0. The Morgan fingerprint density at radius 2 is 1.77 bits per heavy atom. The summed E-state index contributed by atoms with van der Waals surface area (Å²) in [6.45, 7) is 3.82. The van der Waals surface area contributed by atoms with E-state index in [1.165, 1.54) is 5.56 Å². The largest absolute Gasteiger partial charge is 0.493 e. The minimum absolute atomic E-state index is 0.150. The summed E-state index contributed by atoms with van der Waals surface area (Å²) in [5, 5.41) is 0. The van der Waals surface area contributed by atoms with Crippen LogP contribution in [0.4, 0.5) is 0 Å². The van der Waals surface area contributed by atoms with Gasteiger partial charge in [-0.15, -0.1) is 23.5 Å². The van der Waals surface area contributed by atoms with E-state index in [-0.39, 0.29) is 6.61 Å². The van der Waals surface area contributed by atoms with Gasteiger partial charge in [0.15, 0.2) is 18.1 Å². The molecule has 3 rings (SSSR count). The molecule has 1 saturated heterocycles. The minimum atomic E-state index is -0.458. The van der Waals surface area contributed by atoms with Crippen molar-refractivity contribution in [2.45, 2.75) is 18.4 Å². The zero-order valence-electron chi connectivity index (χ0n) is 15.1. The summed E-state index contributed by atoms with van der Waals surface area (Å²) in [7, 11) is 1.58. The molecule has 0 unspecified atom stereocenters. The van der Waals surface area contributed by atoms with Gasteiger partial charge in [0.25, 0.3) is 0 Å². The number of aryl methyl sites for hydroxylation is 2. The van der Waals surface area contributed by atoms with Gasteiger partial charge in [-0.1, -0.05) is 23.8 Å². The van der Waals surface area contributed by atoms with Crippen LogP contribution in [-0.2, 0) is 4.79 Å². The lowest BCUT2D eigenvalue weighted by atomic mass is 10.1. The van der Waals surface area contributed by atoms with Crippen LogP contribution in [0.3, 0.4) is 0 Å². The molecule has 26 heavy (non-hydrogen) atoms. The normalized spacial score (nSPS) is 14.3. The van der Waals surface area contributed by atoms with Crippen molar-refractivity contribution < 1.29 is 19.0 Å². The minimum Gasteiger partial charge on any atom is -0.493 e. The van der Waals surface area contributed by atoms with Crippen molar-refractivity contribution >= 4 is 29.5 Å². The first-order valence-corrected chi connectivity index (χ1v) is 10.5. The highest BCUT2D eigenvalue weighted by Crippen LogP contribution is 2.46. The standard InChI is InChI=1S/C20H22O4S2/c1-13-4-6-16(14(2)10-13)23-12-19(21)24-17-7-5-15(11-18(17)22-3)20-25-8-9-26-20/h4-7,10-11,20H,8-9,12H2,1-3H3. The third-order valence-electron chi connectivity index (χ3n) is 3.98. The van der Waals surface area contributed by atoms with E-state index in [0.717, 1.165) is 22.6 Å². The molecule has 1 aliphatic rings. The number of thioether (sulfide) groups is 2. The maximum Gasteiger partial charge on any atom is 0.349 e. The number of hydrogen-bond donors (Lipinski definition) is 0. The smallest absolute Gasteiger partial charge is 0.349 e. The van der Waals surface area contributed by atoms with Crippen LogP contribution in [0.5, 0.6) is 17.2 Å². The van der Waals surface area contributed by atoms with E-state index in [9.17, 15) is 4.79 Å². The molecule has 0 saturated carbocycles. The topological polar surface area (TPSA) is 44.8 Å². The van der Waals surface area contributed by atoms with E-state index in [0.29, 0.717) is 21.8 Å². The van der Waals surface area contributed by atoms with Crippen LogP contribution < -0.4 is 14.2 Å². The van der Waals surface area contributed by atoms with Gasteiger partial charge in [-0.2, -0.15) is 0 Å². The SMILES string of the molecule is COc1cc(C2SCCS2)ccc1OC(=O)COc1ccc(C)cc1C. The summed E-state index contributed by atoms with van der Waals surface area (Å²) >= 11 is 3.84. The first kappa shape index (κ1) is 19.0. The van der Waals surface area contributed by atoms with Crippen LogP contribution in [0.2, 0.25) is 0 Å². The van der Waals surface area contributed by atoms with Crippen LogP contribution in [0.25, 0.3) is 0 Å². The van der Waals surface area contributed by atoms with Gasteiger partial charge in [0, 0.05) is 11.5 Å². The summed E-state index contributed by atoms with van der Waals surface area (Å²) < 4.78 is 16.8. The number of carbonyl (C=O) groups excluding carboxylic acids is 1. The van der Waals surface area contributed by atoms with Crippen LogP contribution in [0.1, 0.15) is 21.3 Å². The van der Waals surface area contributed by atoms with E-state index in [1.54, 1.807) is 13.2 Å². The van der Waals surface area contributed by atoms with Gasteiger partial charge in [-0.3, -0.25) is 0 Å². The number of esters is 1. The molecule has 0 amide bonds. The molecule has 1 heterocycles. The number of ether oxygens (including phenoxy) is 3. The molecule has 0 spiro atoms. The maximum atomic E-state index is 12.2. The quantitative estimate of drug-likeness (QED) is 0.523. The number of benzene rings is 2. The third-order valence-corrected chi connectivity index (χ3v) is 7.09. The highest BCUT2D eigenvalue weighted by atomic mass is 32.2. The molecule has 0 aliphatic carbocycles.